The summed E-state index contributed by atoms with van der Waals surface area (Å²) in [6, 6.07) is 4.08. The molecule has 1 aromatic heterocycles. The number of benzene rings is 1. The van der Waals surface area contributed by atoms with E-state index in [9.17, 15) is 22.4 Å². The average molecular weight is 429 g/mol. The second-order valence-corrected chi connectivity index (χ2v) is 7.70. The maximum absolute atomic E-state index is 13.7. The Kier molecular flexibility index (Phi) is 5.58. The Morgan fingerprint density at radius 1 is 1.40 bits per heavy atom. The van der Waals surface area contributed by atoms with E-state index < -0.39 is 24.4 Å². The molecule has 0 saturated carbocycles. The van der Waals surface area contributed by atoms with Gasteiger partial charge in [0, 0.05) is 32.7 Å². The maximum Gasteiger partial charge on any atom is 0.406 e. The summed E-state index contributed by atoms with van der Waals surface area (Å²) in [5.74, 6) is -0.735. The van der Waals surface area contributed by atoms with Gasteiger partial charge in [-0.25, -0.2) is 9.37 Å². The van der Waals surface area contributed by atoms with Gasteiger partial charge in [0.25, 0.3) is 0 Å². The van der Waals surface area contributed by atoms with Crippen molar-refractivity contribution in [3.8, 4) is 0 Å². The fourth-order valence-electron chi connectivity index (χ4n) is 4.06. The number of amides is 1. The summed E-state index contributed by atoms with van der Waals surface area (Å²) in [6.07, 6.45) is -3.65. The van der Waals surface area contributed by atoms with Crippen LogP contribution in [0.1, 0.15) is 6.42 Å². The lowest BCUT2D eigenvalue weighted by atomic mass is 10.0. The molecule has 7 nitrogen and oxygen atoms in total. The van der Waals surface area contributed by atoms with Crippen molar-refractivity contribution in [1.82, 2.24) is 19.8 Å². The van der Waals surface area contributed by atoms with Gasteiger partial charge in [0.1, 0.15) is 18.9 Å². The first-order valence-electron chi connectivity index (χ1n) is 9.78. The number of halogens is 4. The molecular formula is C19H23F4N5O2. The van der Waals surface area contributed by atoms with Crippen LogP contribution >= 0.6 is 0 Å². The normalized spacial score (nSPS) is 22.2. The van der Waals surface area contributed by atoms with Crippen LogP contribution in [0.15, 0.2) is 18.2 Å². The van der Waals surface area contributed by atoms with Crippen LogP contribution in [0.25, 0.3) is 11.0 Å². The topological polar surface area (TPSA) is 62.6 Å². The van der Waals surface area contributed by atoms with E-state index in [0.717, 1.165) is 20.0 Å². The van der Waals surface area contributed by atoms with Crippen LogP contribution in [0.2, 0.25) is 0 Å². The quantitative estimate of drug-likeness (QED) is 0.751. The van der Waals surface area contributed by atoms with Crippen LogP contribution in [-0.4, -0.2) is 78.5 Å². The third-order valence-electron chi connectivity index (χ3n) is 5.50. The van der Waals surface area contributed by atoms with Gasteiger partial charge in [-0.15, -0.1) is 0 Å². The number of nitrogens with zero attached hydrogens (tertiary/aromatic N) is 4. The van der Waals surface area contributed by atoms with Gasteiger partial charge < -0.3 is 24.4 Å². The number of morpholine rings is 1. The van der Waals surface area contributed by atoms with Crippen LogP contribution in [0.3, 0.4) is 0 Å². The fraction of sp³-hybridized carbons (Fsp3) is 0.579. The van der Waals surface area contributed by atoms with Gasteiger partial charge in [0.15, 0.2) is 0 Å². The third kappa shape index (κ3) is 4.36. The molecule has 1 N–H and O–H groups in total. The summed E-state index contributed by atoms with van der Waals surface area (Å²) in [7, 11) is 1.11. The predicted octanol–water partition coefficient (Wildman–Crippen LogP) is 1.76. The van der Waals surface area contributed by atoms with Crippen molar-refractivity contribution in [2.75, 3.05) is 44.7 Å². The van der Waals surface area contributed by atoms with E-state index in [1.165, 1.54) is 18.2 Å². The summed E-state index contributed by atoms with van der Waals surface area (Å²) in [5.41, 5.74) is 0.849. The zero-order valence-corrected chi connectivity index (χ0v) is 16.5. The zero-order chi connectivity index (χ0) is 21.5. The van der Waals surface area contributed by atoms with Gasteiger partial charge in [-0.1, -0.05) is 0 Å². The molecule has 1 aromatic carbocycles. The Bertz CT molecular complexity index is 932. The summed E-state index contributed by atoms with van der Waals surface area (Å²) in [6.45, 7) is 0.913. The minimum atomic E-state index is -4.48. The first kappa shape index (κ1) is 20.9. The summed E-state index contributed by atoms with van der Waals surface area (Å²) >= 11 is 0. The number of likely N-dealkylation sites (N-methyl/N-ethyl adjacent to an activating group) is 1. The molecule has 2 saturated heterocycles. The first-order chi connectivity index (χ1) is 14.2. The van der Waals surface area contributed by atoms with Crippen molar-refractivity contribution in [3.05, 3.63) is 24.0 Å². The molecule has 4 rings (SSSR count). The Morgan fingerprint density at radius 2 is 2.20 bits per heavy atom. The molecule has 0 unspecified atom stereocenters. The van der Waals surface area contributed by atoms with Gasteiger partial charge in [0.05, 0.1) is 29.8 Å². The number of piperidine rings is 1. The number of aromatic nitrogens is 2. The average Bonchev–Trinajstić information content (AvgIpc) is 3.03. The Labute approximate surface area is 170 Å². The largest absolute Gasteiger partial charge is 0.406 e. The van der Waals surface area contributed by atoms with Gasteiger partial charge >= 0.3 is 6.18 Å². The van der Waals surface area contributed by atoms with Crippen molar-refractivity contribution in [2.24, 2.45) is 0 Å². The van der Waals surface area contributed by atoms with Gasteiger partial charge in [0.2, 0.25) is 11.9 Å². The van der Waals surface area contributed by atoms with Gasteiger partial charge in [-0.2, -0.15) is 13.2 Å². The van der Waals surface area contributed by atoms with Crippen molar-refractivity contribution < 1.29 is 27.1 Å². The third-order valence-corrected chi connectivity index (χ3v) is 5.50. The van der Waals surface area contributed by atoms with Crippen molar-refractivity contribution in [2.45, 2.75) is 31.3 Å². The number of imidazole rings is 1. The molecule has 0 radical (unpaired) electrons. The van der Waals surface area contributed by atoms with Crippen LogP contribution in [-0.2, 0) is 16.1 Å². The molecule has 2 fully saturated rings. The van der Waals surface area contributed by atoms with Crippen LogP contribution in [0.5, 0.6) is 0 Å². The molecule has 2 atom stereocenters. The molecule has 2 aromatic rings. The highest BCUT2D eigenvalue weighted by atomic mass is 19.4. The number of nitrogens with one attached hydrogen (secondary N) is 1. The summed E-state index contributed by atoms with van der Waals surface area (Å²) in [5, 5.41) is 3.40. The van der Waals surface area contributed by atoms with Gasteiger partial charge in [-0.3, -0.25) is 4.79 Å². The second-order valence-electron chi connectivity index (χ2n) is 7.70. The lowest BCUT2D eigenvalue weighted by molar-refractivity contribution is -0.158. The number of fused-ring (bicyclic) bond motifs is 2. The van der Waals surface area contributed by atoms with E-state index in [-0.39, 0.29) is 18.7 Å². The van der Waals surface area contributed by atoms with E-state index in [2.05, 4.69) is 10.3 Å². The number of carbonyl (C=O) groups excluding carboxylic acids is 1. The lowest BCUT2D eigenvalue weighted by Gasteiger charge is -2.42. The Hall–Kier alpha value is -2.40. The fourth-order valence-corrected chi connectivity index (χ4v) is 4.06. The number of ether oxygens (including phenoxy) is 1. The Balaban J connectivity index is 1.63. The predicted molar refractivity (Wildman–Crippen MR) is 102 cm³/mol. The van der Waals surface area contributed by atoms with Crippen molar-refractivity contribution in [1.29, 1.82) is 0 Å². The minimum absolute atomic E-state index is 0.0844. The molecule has 11 heteroatoms. The molecule has 0 bridgehead atoms. The molecule has 1 amide bonds. The Morgan fingerprint density at radius 3 is 2.97 bits per heavy atom. The SMILES string of the molecule is CN(CC(F)(F)F)C(=O)Cn1c(N2CC[C@@H]3OCCN[C@H]3C2)nc2cc(F)ccc21. The summed E-state index contributed by atoms with van der Waals surface area (Å²) in [4.78, 5) is 19.6. The van der Waals surface area contributed by atoms with E-state index >= 15 is 0 Å². The van der Waals surface area contributed by atoms with E-state index in [1.54, 1.807) is 4.57 Å². The number of rotatable bonds is 4. The maximum atomic E-state index is 13.7. The lowest BCUT2D eigenvalue weighted by Crippen LogP contribution is -2.58. The molecule has 30 heavy (non-hydrogen) atoms. The first-order valence-corrected chi connectivity index (χ1v) is 9.78. The van der Waals surface area contributed by atoms with E-state index in [4.69, 9.17) is 4.74 Å². The zero-order valence-electron chi connectivity index (χ0n) is 16.5. The number of alkyl halides is 3. The molecular weight excluding hydrogens is 406 g/mol. The van der Waals surface area contributed by atoms with E-state index in [1.807, 2.05) is 4.90 Å². The highest BCUT2D eigenvalue weighted by Crippen LogP contribution is 2.28. The number of carbonyl (C=O) groups is 1. The van der Waals surface area contributed by atoms with Gasteiger partial charge in [-0.05, 0) is 18.6 Å². The highest BCUT2D eigenvalue weighted by molar-refractivity contribution is 5.83. The number of hydrogen-bond acceptors (Lipinski definition) is 5. The van der Waals surface area contributed by atoms with Crippen LogP contribution in [0, 0.1) is 5.82 Å². The molecule has 0 aliphatic carbocycles. The monoisotopic (exact) mass is 429 g/mol. The molecule has 0 spiro atoms. The standard InChI is InChI=1S/C19H23F4N5O2/c1-26(11-19(21,22)23)17(29)10-28-15-3-2-12(20)8-13(15)25-18(28)27-6-4-16-14(9-27)24-5-7-30-16/h2-3,8,14,16,24H,4-7,9-11H2,1H3/t14-,16-/m0/s1. The summed E-state index contributed by atoms with van der Waals surface area (Å²) < 4.78 is 59.1. The smallest absolute Gasteiger partial charge is 0.375 e. The van der Waals surface area contributed by atoms with Crippen LogP contribution in [0.4, 0.5) is 23.5 Å². The molecule has 164 valence electrons. The number of anilines is 1. The van der Waals surface area contributed by atoms with Crippen molar-refractivity contribution >= 4 is 22.9 Å². The second kappa shape index (κ2) is 8.03. The molecule has 2 aliphatic heterocycles. The molecule has 2 aliphatic rings. The van der Waals surface area contributed by atoms with Crippen LogP contribution < -0.4 is 10.2 Å². The van der Waals surface area contributed by atoms with E-state index in [0.29, 0.717) is 41.6 Å². The molecule has 3 heterocycles. The van der Waals surface area contributed by atoms with Crippen molar-refractivity contribution in [3.63, 3.8) is 0 Å². The highest BCUT2D eigenvalue weighted by Gasteiger charge is 2.35. The number of hydrogen-bond donors (Lipinski definition) is 1. The minimum Gasteiger partial charge on any atom is -0.375 e.